The van der Waals surface area contributed by atoms with Crippen LogP contribution in [0.1, 0.15) is 62.2 Å². The van der Waals surface area contributed by atoms with Crippen LogP contribution in [-0.2, 0) is 10.0 Å². The smallest absolute Gasteiger partial charge is 0.262 e. The minimum Gasteiger partial charge on any atom is -0.455 e. The molecule has 2 aliphatic heterocycles. The van der Waals surface area contributed by atoms with Gasteiger partial charge in [-0.2, -0.15) is 0 Å². The molecule has 3 aromatic carbocycles. The number of ether oxygens (including phenoxy) is 1. The van der Waals surface area contributed by atoms with Crippen LogP contribution in [0, 0.1) is 0 Å². The molecule has 0 bridgehead atoms. The maximum absolute atomic E-state index is 13.6. The molecule has 0 atom stereocenters. The molecule has 2 N–H and O–H groups in total. The van der Waals surface area contributed by atoms with Gasteiger partial charge >= 0.3 is 0 Å². The van der Waals surface area contributed by atoms with Gasteiger partial charge in [0.2, 0.25) is 0 Å². The number of nitrogens with zero attached hydrogens (tertiary/aromatic N) is 2. The molecule has 41 heavy (non-hydrogen) atoms. The highest BCUT2D eigenvalue weighted by molar-refractivity contribution is 7.92. The van der Waals surface area contributed by atoms with Gasteiger partial charge in [-0.3, -0.25) is 19.3 Å². The zero-order valence-electron chi connectivity index (χ0n) is 23.7. The Bertz CT molecular complexity index is 1380. The lowest BCUT2D eigenvalue weighted by atomic mass is 10.0. The number of anilines is 1. The predicted molar refractivity (Wildman–Crippen MR) is 162 cm³/mol. The van der Waals surface area contributed by atoms with Crippen LogP contribution in [0.3, 0.4) is 0 Å². The highest BCUT2D eigenvalue weighted by Crippen LogP contribution is 2.32. The molecule has 0 aromatic heterocycles. The van der Waals surface area contributed by atoms with Crippen molar-refractivity contribution in [3.63, 3.8) is 0 Å². The van der Waals surface area contributed by atoms with E-state index in [0.29, 0.717) is 22.7 Å². The molecule has 0 saturated carbocycles. The Morgan fingerprint density at radius 1 is 0.780 bits per heavy atom. The molecule has 0 aliphatic carbocycles. The van der Waals surface area contributed by atoms with Crippen molar-refractivity contribution in [3.05, 3.63) is 84.4 Å². The molecule has 0 unspecified atom stereocenters. The largest absolute Gasteiger partial charge is 0.455 e. The summed E-state index contributed by atoms with van der Waals surface area (Å²) in [7, 11) is -3.92. The van der Waals surface area contributed by atoms with Gasteiger partial charge in [-0.15, -0.1) is 0 Å². The summed E-state index contributed by atoms with van der Waals surface area (Å²) in [6, 6.07) is 22.2. The molecule has 0 radical (unpaired) electrons. The minimum absolute atomic E-state index is 0.0670. The van der Waals surface area contributed by atoms with Crippen molar-refractivity contribution < 1.29 is 17.9 Å². The number of carbonyl (C=O) groups excluding carboxylic acids is 1. The fourth-order valence-electron chi connectivity index (χ4n) is 5.92. The number of hydrogen-bond acceptors (Lipinski definition) is 6. The quantitative estimate of drug-likeness (QED) is 0.306. The van der Waals surface area contributed by atoms with E-state index in [0.717, 1.165) is 58.3 Å². The standard InChI is InChI=1S/C32H40N4O4S/c1-2-32(35-22-10-4-11-23-35,36-24-12-5-13-25-36)33-31(37)26-18-20-28(21-19-26)41(38,39)34-29-16-8-9-17-30(29)40-27-14-6-3-7-15-27/h3,6-9,14-21,34H,2,4-5,10-13,22-25H2,1H3,(H,33,37). The number of hydrogen-bond donors (Lipinski definition) is 2. The zero-order valence-corrected chi connectivity index (χ0v) is 24.5. The van der Waals surface area contributed by atoms with Crippen molar-refractivity contribution in [3.8, 4) is 11.5 Å². The number of para-hydroxylation sites is 3. The normalized spacial score (nSPS) is 17.1. The van der Waals surface area contributed by atoms with E-state index in [1.54, 1.807) is 48.5 Å². The molecule has 2 heterocycles. The Morgan fingerprint density at radius 3 is 1.93 bits per heavy atom. The Kier molecular flexibility index (Phi) is 9.27. The van der Waals surface area contributed by atoms with Crippen molar-refractivity contribution in [2.24, 2.45) is 0 Å². The molecular formula is C32H40N4O4S. The van der Waals surface area contributed by atoms with Crippen LogP contribution in [0.25, 0.3) is 0 Å². The second-order valence-corrected chi connectivity index (χ2v) is 12.4. The van der Waals surface area contributed by atoms with E-state index >= 15 is 0 Å². The molecule has 0 spiro atoms. The van der Waals surface area contributed by atoms with E-state index in [2.05, 4.69) is 26.8 Å². The summed E-state index contributed by atoms with van der Waals surface area (Å²) >= 11 is 0. The summed E-state index contributed by atoms with van der Waals surface area (Å²) in [6.07, 6.45) is 7.73. The van der Waals surface area contributed by atoms with E-state index in [1.165, 1.54) is 25.0 Å². The van der Waals surface area contributed by atoms with E-state index in [4.69, 9.17) is 4.74 Å². The number of piperidine rings is 2. The number of likely N-dealkylation sites (tertiary alicyclic amines) is 2. The monoisotopic (exact) mass is 576 g/mol. The molecule has 218 valence electrons. The first kappa shape index (κ1) is 29.1. The molecule has 2 fully saturated rings. The Morgan fingerprint density at radius 2 is 1.34 bits per heavy atom. The molecule has 1 amide bonds. The van der Waals surface area contributed by atoms with Crippen LogP contribution < -0.4 is 14.8 Å². The van der Waals surface area contributed by atoms with Gasteiger partial charge in [0.05, 0.1) is 10.6 Å². The lowest BCUT2D eigenvalue weighted by Crippen LogP contribution is -2.71. The minimum atomic E-state index is -3.92. The summed E-state index contributed by atoms with van der Waals surface area (Å²) in [6.45, 7) is 5.99. The lowest BCUT2D eigenvalue weighted by Gasteiger charge is -2.53. The summed E-state index contributed by atoms with van der Waals surface area (Å²) in [5.74, 6) is 0.269. The fourth-order valence-corrected chi connectivity index (χ4v) is 6.99. The van der Waals surface area contributed by atoms with Gasteiger partial charge in [-0.1, -0.05) is 50.1 Å². The average Bonchev–Trinajstić information content (AvgIpc) is 3.02. The Hall–Kier alpha value is -3.40. The molecule has 5 rings (SSSR count). The van der Waals surface area contributed by atoms with E-state index in [1.807, 2.05) is 18.2 Å². The van der Waals surface area contributed by atoms with Crippen LogP contribution in [0.5, 0.6) is 11.5 Å². The van der Waals surface area contributed by atoms with Crippen LogP contribution in [0.2, 0.25) is 0 Å². The van der Waals surface area contributed by atoms with Crippen LogP contribution in [-0.4, -0.2) is 56.1 Å². The molecule has 2 saturated heterocycles. The van der Waals surface area contributed by atoms with Gasteiger partial charge in [0.25, 0.3) is 15.9 Å². The van der Waals surface area contributed by atoms with Crippen molar-refractivity contribution in [1.29, 1.82) is 0 Å². The number of benzene rings is 3. The van der Waals surface area contributed by atoms with Gasteiger partial charge in [-0.25, -0.2) is 8.42 Å². The Labute approximate surface area is 243 Å². The van der Waals surface area contributed by atoms with Crippen molar-refractivity contribution in [2.75, 3.05) is 30.9 Å². The maximum Gasteiger partial charge on any atom is 0.262 e. The topological polar surface area (TPSA) is 91.0 Å². The second kappa shape index (κ2) is 13.1. The van der Waals surface area contributed by atoms with Gasteiger partial charge < -0.3 is 10.1 Å². The third-order valence-corrected chi connectivity index (χ3v) is 9.48. The average molecular weight is 577 g/mol. The van der Waals surface area contributed by atoms with Crippen LogP contribution >= 0.6 is 0 Å². The van der Waals surface area contributed by atoms with E-state index < -0.39 is 15.8 Å². The number of nitrogens with one attached hydrogen (secondary N) is 2. The fraction of sp³-hybridized carbons (Fsp3) is 0.406. The molecular weight excluding hydrogens is 536 g/mol. The van der Waals surface area contributed by atoms with Crippen LogP contribution in [0.15, 0.2) is 83.8 Å². The third-order valence-electron chi connectivity index (χ3n) is 8.09. The van der Waals surface area contributed by atoms with E-state index in [9.17, 15) is 13.2 Å². The molecule has 9 heteroatoms. The van der Waals surface area contributed by atoms with Crippen molar-refractivity contribution >= 4 is 21.6 Å². The van der Waals surface area contributed by atoms with Gasteiger partial charge in [0.15, 0.2) is 11.5 Å². The maximum atomic E-state index is 13.6. The number of amides is 1. The molecule has 8 nitrogen and oxygen atoms in total. The first-order chi connectivity index (χ1) is 19.9. The summed E-state index contributed by atoms with van der Waals surface area (Å²) in [4.78, 5) is 18.6. The molecule has 3 aromatic rings. The highest BCUT2D eigenvalue weighted by Gasteiger charge is 2.43. The third kappa shape index (κ3) is 6.74. The summed E-state index contributed by atoms with van der Waals surface area (Å²) < 4.78 is 35.1. The highest BCUT2D eigenvalue weighted by atomic mass is 32.2. The zero-order chi connectivity index (χ0) is 28.7. The van der Waals surface area contributed by atoms with Crippen molar-refractivity contribution in [1.82, 2.24) is 15.1 Å². The SMILES string of the molecule is CCC(NC(=O)c1ccc(S(=O)(=O)Nc2ccccc2Oc2ccccc2)cc1)(N1CCCCC1)N1CCCCC1. The number of sulfonamides is 1. The van der Waals surface area contributed by atoms with Gasteiger partial charge in [0.1, 0.15) is 5.75 Å². The summed E-state index contributed by atoms with van der Waals surface area (Å²) in [5, 5.41) is 3.40. The van der Waals surface area contributed by atoms with Crippen LogP contribution in [0.4, 0.5) is 5.69 Å². The number of carbonyl (C=O) groups is 1. The lowest BCUT2D eigenvalue weighted by molar-refractivity contribution is -0.0970. The second-order valence-electron chi connectivity index (χ2n) is 10.8. The summed E-state index contributed by atoms with van der Waals surface area (Å²) in [5.41, 5.74) is 0.762. The number of rotatable bonds is 10. The van der Waals surface area contributed by atoms with Gasteiger partial charge in [0, 0.05) is 31.7 Å². The first-order valence-corrected chi connectivity index (χ1v) is 16.2. The van der Waals surface area contributed by atoms with Gasteiger partial charge in [-0.05, 0) is 80.6 Å². The molecule has 2 aliphatic rings. The Balaban J connectivity index is 1.33. The van der Waals surface area contributed by atoms with E-state index in [-0.39, 0.29) is 10.8 Å². The van der Waals surface area contributed by atoms with Crippen molar-refractivity contribution in [2.45, 2.75) is 62.6 Å². The predicted octanol–water partition coefficient (Wildman–Crippen LogP) is 6.05. The first-order valence-electron chi connectivity index (χ1n) is 14.7.